The Morgan fingerprint density at radius 2 is 2.17 bits per heavy atom. The van der Waals surface area contributed by atoms with Gasteiger partial charge in [-0.3, -0.25) is 4.79 Å². The minimum atomic E-state index is -0.748. The monoisotopic (exact) mass is 394 g/mol. The molecule has 0 fully saturated rings. The molecule has 2 aromatic rings. The third-order valence-electron chi connectivity index (χ3n) is 3.34. The molecule has 7 heteroatoms. The van der Waals surface area contributed by atoms with Crippen LogP contribution in [0.3, 0.4) is 0 Å². The standard InChI is InChI=1S/C16H12BrClN2O3/c17-10-3-1-2-9(6-10)12-8-15(23-20-12)16(22)19-13-7-11(18)4-5-14(13)21/h1-7,15,21H,8H2,(H,19,22)/t15-/m1/s1. The van der Waals surface area contributed by atoms with Crippen LogP contribution >= 0.6 is 27.5 Å². The van der Waals surface area contributed by atoms with Crippen molar-refractivity contribution < 1.29 is 14.7 Å². The fourth-order valence-electron chi connectivity index (χ4n) is 2.18. The summed E-state index contributed by atoms with van der Waals surface area (Å²) in [6.45, 7) is 0. The third-order valence-corrected chi connectivity index (χ3v) is 4.06. The van der Waals surface area contributed by atoms with E-state index in [1.807, 2.05) is 24.3 Å². The van der Waals surface area contributed by atoms with Gasteiger partial charge in [0.15, 0.2) is 0 Å². The van der Waals surface area contributed by atoms with Gasteiger partial charge in [0, 0.05) is 21.5 Å². The number of aromatic hydroxyl groups is 1. The number of hydrogen-bond acceptors (Lipinski definition) is 4. The van der Waals surface area contributed by atoms with E-state index in [0.29, 0.717) is 17.2 Å². The fraction of sp³-hybridized carbons (Fsp3) is 0.125. The lowest BCUT2D eigenvalue weighted by atomic mass is 10.0. The summed E-state index contributed by atoms with van der Waals surface area (Å²) in [5.41, 5.74) is 1.82. The fourth-order valence-corrected chi connectivity index (χ4v) is 2.75. The predicted molar refractivity (Wildman–Crippen MR) is 91.9 cm³/mol. The van der Waals surface area contributed by atoms with Crippen LogP contribution in [0.4, 0.5) is 5.69 Å². The van der Waals surface area contributed by atoms with Gasteiger partial charge in [0.05, 0.1) is 11.4 Å². The molecule has 0 bridgehead atoms. The average Bonchev–Trinajstić information content (AvgIpc) is 3.01. The van der Waals surface area contributed by atoms with Gasteiger partial charge in [-0.25, -0.2) is 0 Å². The summed E-state index contributed by atoms with van der Waals surface area (Å²) < 4.78 is 0.925. The van der Waals surface area contributed by atoms with E-state index in [2.05, 4.69) is 26.4 Å². The van der Waals surface area contributed by atoms with Crippen molar-refractivity contribution >= 4 is 44.8 Å². The molecule has 1 aliphatic heterocycles. The topological polar surface area (TPSA) is 70.9 Å². The Labute approximate surface area is 146 Å². The number of nitrogens with zero attached hydrogens (tertiary/aromatic N) is 1. The van der Waals surface area contributed by atoms with Crippen molar-refractivity contribution in [3.8, 4) is 5.75 Å². The van der Waals surface area contributed by atoms with Crippen LogP contribution in [0.15, 0.2) is 52.1 Å². The van der Waals surface area contributed by atoms with Crippen molar-refractivity contribution in [2.24, 2.45) is 5.16 Å². The van der Waals surface area contributed by atoms with E-state index < -0.39 is 12.0 Å². The Kier molecular flexibility index (Phi) is 4.54. The summed E-state index contributed by atoms with van der Waals surface area (Å²) >= 11 is 9.25. The zero-order chi connectivity index (χ0) is 16.4. The molecule has 0 unspecified atom stereocenters. The number of hydrogen-bond donors (Lipinski definition) is 2. The molecule has 2 N–H and O–H groups in total. The predicted octanol–water partition coefficient (Wildman–Crippen LogP) is 3.94. The van der Waals surface area contributed by atoms with Gasteiger partial charge in [-0.1, -0.05) is 44.8 Å². The van der Waals surface area contributed by atoms with Crippen LogP contribution in [0.1, 0.15) is 12.0 Å². The molecule has 2 aromatic carbocycles. The van der Waals surface area contributed by atoms with E-state index in [-0.39, 0.29) is 11.4 Å². The van der Waals surface area contributed by atoms with Crippen LogP contribution in [0.5, 0.6) is 5.75 Å². The van der Waals surface area contributed by atoms with Crippen LogP contribution in [-0.4, -0.2) is 22.8 Å². The molecule has 3 rings (SSSR count). The van der Waals surface area contributed by atoms with E-state index >= 15 is 0 Å². The molecule has 1 amide bonds. The highest BCUT2D eigenvalue weighted by molar-refractivity contribution is 9.10. The quantitative estimate of drug-likeness (QED) is 0.773. The summed E-state index contributed by atoms with van der Waals surface area (Å²) in [4.78, 5) is 17.5. The first-order valence-corrected chi connectivity index (χ1v) is 7.98. The molecule has 1 aliphatic rings. The lowest BCUT2D eigenvalue weighted by Crippen LogP contribution is -2.28. The molecule has 0 saturated carbocycles. The Morgan fingerprint density at radius 3 is 2.96 bits per heavy atom. The molecule has 1 atom stereocenters. The number of amides is 1. The van der Waals surface area contributed by atoms with E-state index in [0.717, 1.165) is 10.0 Å². The number of halogens is 2. The molecular weight excluding hydrogens is 384 g/mol. The molecule has 1 heterocycles. The van der Waals surface area contributed by atoms with Crippen molar-refractivity contribution in [1.29, 1.82) is 0 Å². The average molecular weight is 396 g/mol. The van der Waals surface area contributed by atoms with Crippen molar-refractivity contribution in [2.75, 3.05) is 5.32 Å². The van der Waals surface area contributed by atoms with E-state index in [9.17, 15) is 9.90 Å². The highest BCUT2D eigenvalue weighted by Crippen LogP contribution is 2.27. The SMILES string of the molecule is O=C(Nc1cc(Cl)ccc1O)[C@H]1CC(c2cccc(Br)c2)=NO1. The van der Waals surface area contributed by atoms with Crippen molar-refractivity contribution in [2.45, 2.75) is 12.5 Å². The van der Waals surface area contributed by atoms with Gasteiger partial charge in [-0.15, -0.1) is 0 Å². The molecule has 0 aliphatic carbocycles. The number of nitrogens with one attached hydrogen (secondary N) is 1. The van der Waals surface area contributed by atoms with Crippen molar-refractivity contribution in [1.82, 2.24) is 0 Å². The number of carbonyl (C=O) groups is 1. The van der Waals surface area contributed by atoms with Gasteiger partial charge in [-0.05, 0) is 30.3 Å². The first kappa shape index (κ1) is 15.8. The first-order chi connectivity index (χ1) is 11.0. The lowest BCUT2D eigenvalue weighted by molar-refractivity contribution is -0.125. The van der Waals surface area contributed by atoms with E-state index in [1.165, 1.54) is 18.2 Å². The number of benzene rings is 2. The zero-order valence-corrected chi connectivity index (χ0v) is 14.1. The second-order valence-electron chi connectivity index (χ2n) is 5.00. The summed E-state index contributed by atoms with van der Waals surface area (Å²) in [6, 6.07) is 12.0. The second-order valence-corrected chi connectivity index (χ2v) is 6.35. The summed E-state index contributed by atoms with van der Waals surface area (Å²) in [5.74, 6) is -0.454. The maximum Gasteiger partial charge on any atom is 0.268 e. The maximum absolute atomic E-state index is 12.2. The van der Waals surface area contributed by atoms with Gasteiger partial charge in [0.1, 0.15) is 5.75 Å². The highest BCUT2D eigenvalue weighted by atomic mass is 79.9. The number of anilines is 1. The van der Waals surface area contributed by atoms with E-state index in [4.69, 9.17) is 16.4 Å². The van der Waals surface area contributed by atoms with Crippen LogP contribution in [0.25, 0.3) is 0 Å². The van der Waals surface area contributed by atoms with E-state index in [1.54, 1.807) is 0 Å². The second kappa shape index (κ2) is 6.60. The number of phenols is 1. The maximum atomic E-state index is 12.2. The van der Waals surface area contributed by atoms with Gasteiger partial charge < -0.3 is 15.3 Å². The zero-order valence-electron chi connectivity index (χ0n) is 11.8. The third kappa shape index (κ3) is 3.65. The van der Waals surface area contributed by atoms with Crippen LogP contribution in [0, 0.1) is 0 Å². The Morgan fingerprint density at radius 1 is 1.35 bits per heavy atom. The van der Waals surface area contributed by atoms with Crippen molar-refractivity contribution in [3.63, 3.8) is 0 Å². The highest BCUT2D eigenvalue weighted by Gasteiger charge is 2.29. The normalized spacial score (nSPS) is 16.6. The summed E-state index contributed by atoms with van der Waals surface area (Å²) in [5, 5.41) is 16.7. The molecule has 0 spiro atoms. The minimum Gasteiger partial charge on any atom is -0.506 e. The Hall–Kier alpha value is -2.05. The number of phenolic OH excluding ortho intramolecular Hbond substituents is 1. The van der Waals surface area contributed by atoms with Crippen LogP contribution in [0.2, 0.25) is 5.02 Å². The molecule has 0 radical (unpaired) electrons. The lowest BCUT2D eigenvalue weighted by Gasteiger charge is -2.11. The van der Waals surface area contributed by atoms with Crippen LogP contribution < -0.4 is 5.32 Å². The van der Waals surface area contributed by atoms with Gasteiger partial charge >= 0.3 is 0 Å². The number of oxime groups is 1. The number of carbonyl (C=O) groups excluding carboxylic acids is 1. The summed E-state index contributed by atoms with van der Waals surface area (Å²) in [7, 11) is 0. The molecule has 23 heavy (non-hydrogen) atoms. The van der Waals surface area contributed by atoms with Crippen molar-refractivity contribution in [3.05, 3.63) is 57.5 Å². The largest absolute Gasteiger partial charge is 0.506 e. The van der Waals surface area contributed by atoms with Gasteiger partial charge in [0.25, 0.3) is 5.91 Å². The van der Waals surface area contributed by atoms with Gasteiger partial charge in [0.2, 0.25) is 6.10 Å². The van der Waals surface area contributed by atoms with Gasteiger partial charge in [-0.2, -0.15) is 0 Å². The summed E-state index contributed by atoms with van der Waals surface area (Å²) in [6.07, 6.45) is -0.397. The first-order valence-electron chi connectivity index (χ1n) is 6.81. The van der Waals surface area contributed by atoms with Crippen LogP contribution in [-0.2, 0) is 9.63 Å². The molecular formula is C16H12BrClN2O3. The molecule has 0 aromatic heterocycles. The smallest absolute Gasteiger partial charge is 0.268 e. The molecule has 5 nitrogen and oxygen atoms in total. The molecule has 118 valence electrons. The Bertz CT molecular complexity index is 795. The number of rotatable bonds is 3. The Balaban J connectivity index is 1.68. The molecule has 0 saturated heterocycles. The minimum absolute atomic E-state index is 0.0612.